The monoisotopic (exact) mass is 813 g/mol. The highest BCUT2D eigenvalue weighted by molar-refractivity contribution is 6.31. The first kappa shape index (κ1) is 40.9. The van der Waals surface area contributed by atoms with E-state index in [4.69, 9.17) is 16.3 Å². The lowest BCUT2D eigenvalue weighted by atomic mass is 9.49. The smallest absolute Gasteiger partial charge is 0.271 e. The summed E-state index contributed by atoms with van der Waals surface area (Å²) in [6, 6.07) is 10.6. The Balaban J connectivity index is 0.842. The molecule has 4 fully saturated rings. The van der Waals surface area contributed by atoms with Crippen molar-refractivity contribution in [2.75, 3.05) is 55.6 Å². The number of halogens is 2. The van der Waals surface area contributed by atoms with Crippen molar-refractivity contribution < 1.29 is 28.3 Å². The van der Waals surface area contributed by atoms with E-state index in [9.17, 15) is 24.4 Å². The molecule has 1 saturated carbocycles. The molecule has 4 heterocycles. The minimum atomic E-state index is -0.870. The number of aromatic nitrogens is 2. The average molecular weight is 814 g/mol. The van der Waals surface area contributed by atoms with Crippen molar-refractivity contribution in [2.24, 2.45) is 16.7 Å². The number of hydrogen-bond donors (Lipinski definition) is 3. The molecule has 0 spiro atoms. The highest BCUT2D eigenvalue weighted by Crippen LogP contribution is 2.55. The van der Waals surface area contributed by atoms with Crippen molar-refractivity contribution in [3.8, 4) is 11.8 Å². The minimum absolute atomic E-state index is 0.121. The lowest BCUT2D eigenvalue weighted by Gasteiger charge is -2.63. The van der Waals surface area contributed by atoms with Gasteiger partial charge in [-0.15, -0.1) is 0 Å². The molecule has 4 amide bonds. The summed E-state index contributed by atoms with van der Waals surface area (Å²) in [5, 5.41) is 17.4. The van der Waals surface area contributed by atoms with Gasteiger partial charge in [0.25, 0.3) is 11.8 Å². The molecule has 3 aliphatic heterocycles. The number of ether oxygens (including phenoxy) is 1. The topological polar surface area (TPSA) is 173 Å². The van der Waals surface area contributed by atoms with Crippen molar-refractivity contribution in [1.82, 2.24) is 30.8 Å². The second kappa shape index (κ2) is 16.5. The van der Waals surface area contributed by atoms with Gasteiger partial charge in [-0.3, -0.25) is 29.4 Å². The number of benzene rings is 2. The van der Waals surface area contributed by atoms with Crippen LogP contribution in [0.4, 0.5) is 15.9 Å². The number of amides is 4. The van der Waals surface area contributed by atoms with Crippen LogP contribution >= 0.6 is 11.6 Å². The summed E-state index contributed by atoms with van der Waals surface area (Å²) in [5.74, 6) is -0.759. The Bertz CT molecular complexity index is 2090. The van der Waals surface area contributed by atoms with Crippen molar-refractivity contribution in [1.29, 1.82) is 5.26 Å². The number of imide groups is 1. The van der Waals surface area contributed by atoms with Gasteiger partial charge in [0.2, 0.25) is 11.8 Å². The Labute approximate surface area is 342 Å². The predicted octanol–water partition coefficient (Wildman–Crippen LogP) is 4.33. The fourth-order valence-electron chi connectivity index (χ4n) is 9.25. The minimum Gasteiger partial charge on any atom is -0.489 e. The van der Waals surface area contributed by atoms with Crippen LogP contribution in [0.2, 0.25) is 5.02 Å². The van der Waals surface area contributed by atoms with Crippen LogP contribution in [0, 0.1) is 33.9 Å². The summed E-state index contributed by atoms with van der Waals surface area (Å²) in [6.07, 6.45) is 5.30. The first-order chi connectivity index (χ1) is 27.6. The third-order valence-electron chi connectivity index (χ3n) is 12.2. The molecule has 3 saturated heterocycles. The van der Waals surface area contributed by atoms with Gasteiger partial charge in [0.05, 0.1) is 28.5 Å². The maximum absolute atomic E-state index is 15.1. The molecule has 1 atom stereocenters. The Hall–Kier alpha value is -5.33. The number of piperazine rings is 1. The molecule has 3 N–H and O–H groups in total. The van der Waals surface area contributed by atoms with Crippen LogP contribution in [0.5, 0.6) is 5.75 Å². The van der Waals surface area contributed by atoms with Gasteiger partial charge in [0.15, 0.2) is 0 Å². The zero-order valence-corrected chi connectivity index (χ0v) is 33.9. The number of rotatable bonds is 10. The highest BCUT2D eigenvalue weighted by Gasteiger charge is 2.64. The predicted molar refractivity (Wildman–Crippen MR) is 215 cm³/mol. The van der Waals surface area contributed by atoms with Crippen LogP contribution < -0.4 is 30.5 Å². The summed E-state index contributed by atoms with van der Waals surface area (Å²) in [7, 11) is 0. The van der Waals surface area contributed by atoms with Crippen molar-refractivity contribution in [3.63, 3.8) is 0 Å². The number of nitrogens with one attached hydrogen (secondary N) is 3. The number of nitrogens with zero attached hydrogens (tertiary/aromatic N) is 6. The summed E-state index contributed by atoms with van der Waals surface area (Å²) in [4.78, 5) is 65.4. The summed E-state index contributed by atoms with van der Waals surface area (Å²) < 4.78 is 21.4. The van der Waals surface area contributed by atoms with Crippen LogP contribution in [0.25, 0.3) is 0 Å². The van der Waals surface area contributed by atoms with E-state index < -0.39 is 34.5 Å². The third-order valence-corrected chi connectivity index (χ3v) is 12.5. The van der Waals surface area contributed by atoms with E-state index in [0.717, 1.165) is 64.5 Å². The average Bonchev–Trinajstić information content (AvgIpc) is 3.20. The maximum atomic E-state index is 15.1. The number of carbonyl (C=O) groups is 4. The highest BCUT2D eigenvalue weighted by atomic mass is 35.5. The molecule has 2 aromatic carbocycles. The molecule has 14 nitrogen and oxygen atoms in total. The van der Waals surface area contributed by atoms with Crippen molar-refractivity contribution in [3.05, 3.63) is 76.5 Å². The Morgan fingerprint density at radius 1 is 0.931 bits per heavy atom. The second-order valence-corrected chi connectivity index (χ2v) is 17.3. The molecule has 4 aliphatic rings. The maximum Gasteiger partial charge on any atom is 0.271 e. The molecule has 306 valence electrons. The second-order valence-electron chi connectivity index (χ2n) is 16.9. The zero-order valence-electron chi connectivity index (χ0n) is 33.2. The lowest BCUT2D eigenvalue weighted by Crippen LogP contribution is -2.74. The summed E-state index contributed by atoms with van der Waals surface area (Å²) >= 11 is 6.23. The molecule has 0 bridgehead atoms. The van der Waals surface area contributed by atoms with Gasteiger partial charge >= 0.3 is 0 Å². The Kier molecular flexibility index (Phi) is 11.6. The molecule has 1 aromatic heterocycles. The number of anilines is 2. The van der Waals surface area contributed by atoms with E-state index in [1.54, 1.807) is 30.5 Å². The molecule has 1 unspecified atom stereocenters. The van der Waals surface area contributed by atoms with Crippen molar-refractivity contribution in [2.45, 2.75) is 71.6 Å². The molecular weight excluding hydrogens is 765 g/mol. The molecule has 3 aromatic rings. The molecule has 16 heteroatoms. The van der Waals surface area contributed by atoms with Crippen molar-refractivity contribution >= 4 is 46.7 Å². The fourth-order valence-corrected chi connectivity index (χ4v) is 9.47. The Morgan fingerprint density at radius 3 is 2.28 bits per heavy atom. The summed E-state index contributed by atoms with van der Waals surface area (Å²) in [6.45, 7) is 14.0. The van der Waals surface area contributed by atoms with Crippen LogP contribution in [0.1, 0.15) is 79.8 Å². The zero-order chi connectivity index (χ0) is 41.4. The fraction of sp³-hybridized carbons (Fsp3) is 0.500. The van der Waals surface area contributed by atoms with E-state index >= 15 is 4.39 Å². The van der Waals surface area contributed by atoms with Crippen LogP contribution in [0.3, 0.4) is 0 Å². The van der Waals surface area contributed by atoms with Gasteiger partial charge in [0, 0.05) is 80.9 Å². The normalized spacial score (nSPS) is 23.3. The van der Waals surface area contributed by atoms with Gasteiger partial charge in [-0.1, -0.05) is 39.3 Å². The largest absolute Gasteiger partial charge is 0.489 e. The molecule has 1 aliphatic carbocycles. The van der Waals surface area contributed by atoms with E-state index in [1.807, 2.05) is 0 Å². The molecule has 0 radical (unpaired) electrons. The van der Waals surface area contributed by atoms with Crippen LogP contribution in [-0.2, 0) is 9.59 Å². The first-order valence-electron chi connectivity index (χ1n) is 19.8. The van der Waals surface area contributed by atoms with E-state index in [1.165, 1.54) is 18.3 Å². The van der Waals surface area contributed by atoms with E-state index in [2.05, 4.69) is 74.4 Å². The van der Waals surface area contributed by atoms with E-state index in [0.29, 0.717) is 27.9 Å². The van der Waals surface area contributed by atoms with Crippen LogP contribution in [-0.4, -0.2) is 102 Å². The standard InChI is InChI=1S/C42H49ClFN9O5/c1-41(2)39(42(3,4)40(41)58-28-7-5-26(21-45)30(43)20-28)50-38(57)33-22-47-34(23-46-33)53-13-11-25(12-14-53)24-51-15-17-52(18-16-51)27-6-8-29(31(44)19-27)36(55)48-32-9-10-35(54)49-37(32)56/h5-8,19-20,22-23,25,32,39-40H,9-18,24H2,1-4H3,(H,48,55)(H,50,57)(H,49,54,56). The molecule has 58 heavy (non-hydrogen) atoms. The summed E-state index contributed by atoms with van der Waals surface area (Å²) in [5.41, 5.74) is 0.393. The quantitative estimate of drug-likeness (QED) is 0.249. The number of hydrogen-bond acceptors (Lipinski definition) is 11. The SMILES string of the molecule is CC1(C)C(NC(=O)c2cnc(N3CCC(CN4CCN(c5ccc(C(=O)NC6CCC(=O)NC6=O)c(F)c5)CC4)CC3)cn2)C(C)(C)C1Oc1ccc(C#N)c(Cl)c1. The number of nitriles is 1. The van der Waals surface area contributed by atoms with Gasteiger partial charge < -0.3 is 25.2 Å². The molecule has 7 rings (SSSR count). The van der Waals surface area contributed by atoms with Gasteiger partial charge in [-0.05, 0) is 55.5 Å². The van der Waals surface area contributed by atoms with E-state index in [-0.39, 0.29) is 48.1 Å². The number of carbonyl (C=O) groups excluding carboxylic acids is 4. The number of piperidine rings is 2. The van der Waals surface area contributed by atoms with Gasteiger partial charge in [0.1, 0.15) is 41.3 Å². The third kappa shape index (κ3) is 8.44. The Morgan fingerprint density at radius 2 is 1.66 bits per heavy atom. The van der Waals surface area contributed by atoms with Gasteiger partial charge in [-0.2, -0.15) is 5.26 Å². The van der Waals surface area contributed by atoms with Crippen LogP contribution in [0.15, 0.2) is 48.8 Å². The lowest BCUT2D eigenvalue weighted by molar-refractivity contribution is -0.164. The first-order valence-corrected chi connectivity index (χ1v) is 20.2. The molecular formula is C42H49ClFN9O5. The van der Waals surface area contributed by atoms with Gasteiger partial charge in [-0.25, -0.2) is 14.4 Å².